The van der Waals surface area contributed by atoms with Gasteiger partial charge in [-0.05, 0) is 49.4 Å². The summed E-state index contributed by atoms with van der Waals surface area (Å²) in [5, 5.41) is 3.54. The Morgan fingerprint density at radius 3 is 2.60 bits per heavy atom. The van der Waals surface area contributed by atoms with E-state index in [1.807, 2.05) is 11.0 Å². The predicted molar refractivity (Wildman–Crippen MR) is 116 cm³/mol. The van der Waals surface area contributed by atoms with Crippen LogP contribution >= 0.6 is 11.6 Å². The van der Waals surface area contributed by atoms with Gasteiger partial charge < -0.3 is 25.6 Å². The summed E-state index contributed by atoms with van der Waals surface area (Å²) in [7, 11) is 0. The SMILES string of the molecule is NC1CCCCC1N(Cc1cc(NC(=O)N2CCOCC2)ccc1Cl)C(=O)C1CC1. The summed E-state index contributed by atoms with van der Waals surface area (Å²) >= 11 is 6.49. The minimum atomic E-state index is -0.146. The van der Waals surface area contributed by atoms with Crippen molar-refractivity contribution in [2.24, 2.45) is 11.7 Å². The van der Waals surface area contributed by atoms with Crippen LogP contribution in [0.1, 0.15) is 44.1 Å². The maximum absolute atomic E-state index is 13.1. The molecule has 164 valence electrons. The maximum Gasteiger partial charge on any atom is 0.321 e. The van der Waals surface area contributed by atoms with Crippen LogP contribution in [0.25, 0.3) is 0 Å². The van der Waals surface area contributed by atoms with E-state index in [0.29, 0.717) is 43.6 Å². The Kier molecular flexibility index (Phi) is 6.80. The first-order valence-electron chi connectivity index (χ1n) is 11.0. The molecule has 1 heterocycles. The number of hydrogen-bond acceptors (Lipinski definition) is 4. The van der Waals surface area contributed by atoms with Crippen LogP contribution in [-0.4, -0.2) is 60.1 Å². The number of nitrogens with two attached hydrogens (primary N) is 1. The van der Waals surface area contributed by atoms with E-state index in [-0.39, 0.29) is 29.9 Å². The van der Waals surface area contributed by atoms with Crippen molar-refractivity contribution in [2.45, 2.75) is 57.2 Å². The van der Waals surface area contributed by atoms with E-state index in [9.17, 15) is 9.59 Å². The second-order valence-electron chi connectivity index (χ2n) is 8.59. The fraction of sp³-hybridized carbons (Fsp3) is 0.636. The highest BCUT2D eigenvalue weighted by Gasteiger charge is 2.39. The summed E-state index contributed by atoms with van der Waals surface area (Å²) in [4.78, 5) is 29.3. The number of urea groups is 1. The van der Waals surface area contributed by atoms with Crippen LogP contribution in [0, 0.1) is 5.92 Å². The Morgan fingerprint density at radius 1 is 1.17 bits per heavy atom. The van der Waals surface area contributed by atoms with Gasteiger partial charge in [0.2, 0.25) is 5.91 Å². The number of morpholine rings is 1. The number of amides is 3. The molecule has 0 bridgehead atoms. The van der Waals surface area contributed by atoms with Crippen molar-refractivity contribution in [2.75, 3.05) is 31.6 Å². The Balaban J connectivity index is 1.50. The van der Waals surface area contributed by atoms with E-state index < -0.39 is 0 Å². The lowest BCUT2D eigenvalue weighted by atomic mass is 9.89. The molecule has 3 N–H and O–H groups in total. The highest BCUT2D eigenvalue weighted by atomic mass is 35.5. The lowest BCUT2D eigenvalue weighted by molar-refractivity contribution is -0.136. The summed E-state index contributed by atoms with van der Waals surface area (Å²) < 4.78 is 5.30. The van der Waals surface area contributed by atoms with Crippen molar-refractivity contribution in [1.82, 2.24) is 9.80 Å². The van der Waals surface area contributed by atoms with Crippen molar-refractivity contribution < 1.29 is 14.3 Å². The van der Waals surface area contributed by atoms with Crippen LogP contribution in [-0.2, 0) is 16.1 Å². The quantitative estimate of drug-likeness (QED) is 0.744. The van der Waals surface area contributed by atoms with Gasteiger partial charge in [-0.15, -0.1) is 0 Å². The largest absolute Gasteiger partial charge is 0.378 e. The minimum absolute atomic E-state index is 0.00410. The van der Waals surface area contributed by atoms with Crippen LogP contribution in [0.5, 0.6) is 0 Å². The molecule has 1 saturated heterocycles. The molecule has 0 aromatic heterocycles. The fourth-order valence-electron chi connectivity index (χ4n) is 4.38. The first-order chi connectivity index (χ1) is 14.5. The molecular formula is C22H31ClN4O3. The predicted octanol–water partition coefficient (Wildman–Crippen LogP) is 3.21. The van der Waals surface area contributed by atoms with E-state index in [1.54, 1.807) is 17.0 Å². The summed E-state index contributed by atoms with van der Waals surface area (Å²) in [6, 6.07) is 5.36. The van der Waals surface area contributed by atoms with Gasteiger partial charge in [0, 0.05) is 48.3 Å². The topological polar surface area (TPSA) is 87.9 Å². The third kappa shape index (κ3) is 5.07. The number of nitrogens with zero attached hydrogens (tertiary/aromatic N) is 2. The zero-order valence-corrected chi connectivity index (χ0v) is 18.1. The minimum Gasteiger partial charge on any atom is -0.378 e. The zero-order valence-electron chi connectivity index (χ0n) is 17.3. The molecule has 1 aromatic carbocycles. The van der Waals surface area contributed by atoms with Gasteiger partial charge in [-0.3, -0.25) is 4.79 Å². The van der Waals surface area contributed by atoms with E-state index in [0.717, 1.165) is 44.1 Å². The van der Waals surface area contributed by atoms with E-state index in [2.05, 4.69) is 5.32 Å². The van der Waals surface area contributed by atoms with Crippen molar-refractivity contribution >= 4 is 29.2 Å². The van der Waals surface area contributed by atoms with Crippen LogP contribution in [0.4, 0.5) is 10.5 Å². The highest BCUT2D eigenvalue weighted by Crippen LogP contribution is 2.35. The molecule has 2 unspecified atom stereocenters. The van der Waals surface area contributed by atoms with Crippen LogP contribution in [0.2, 0.25) is 5.02 Å². The number of carbonyl (C=O) groups is 2. The van der Waals surface area contributed by atoms with Crippen molar-refractivity contribution in [3.8, 4) is 0 Å². The number of hydrogen-bond donors (Lipinski definition) is 2. The molecule has 3 fully saturated rings. The molecule has 2 saturated carbocycles. The second kappa shape index (κ2) is 9.54. The van der Waals surface area contributed by atoms with Gasteiger partial charge in [0.1, 0.15) is 0 Å². The van der Waals surface area contributed by atoms with Crippen molar-refractivity contribution in [3.05, 3.63) is 28.8 Å². The number of ether oxygens (including phenoxy) is 1. The Hall–Kier alpha value is -1.83. The lowest BCUT2D eigenvalue weighted by Crippen LogP contribution is -2.52. The number of halogens is 1. The van der Waals surface area contributed by atoms with Gasteiger partial charge in [-0.25, -0.2) is 4.79 Å². The highest BCUT2D eigenvalue weighted by molar-refractivity contribution is 6.31. The lowest BCUT2D eigenvalue weighted by Gasteiger charge is -2.39. The smallest absolute Gasteiger partial charge is 0.321 e. The molecule has 0 spiro atoms. The third-order valence-electron chi connectivity index (χ3n) is 6.33. The molecule has 3 aliphatic rings. The van der Waals surface area contributed by atoms with E-state index in [1.165, 1.54) is 0 Å². The molecule has 4 rings (SSSR count). The summed E-state index contributed by atoms with van der Waals surface area (Å²) in [5.74, 6) is 0.318. The molecule has 8 heteroatoms. The van der Waals surface area contributed by atoms with Crippen LogP contribution in [0.15, 0.2) is 18.2 Å². The summed E-state index contributed by atoms with van der Waals surface area (Å²) in [6.07, 6.45) is 6.01. The first-order valence-corrected chi connectivity index (χ1v) is 11.4. The number of nitrogens with one attached hydrogen (secondary N) is 1. The van der Waals surface area contributed by atoms with E-state index in [4.69, 9.17) is 22.1 Å². The molecular weight excluding hydrogens is 404 g/mol. The Bertz CT molecular complexity index is 780. The number of anilines is 1. The summed E-state index contributed by atoms with van der Waals surface area (Å²) in [5.41, 5.74) is 7.92. The monoisotopic (exact) mass is 434 g/mol. The summed E-state index contributed by atoms with van der Waals surface area (Å²) in [6.45, 7) is 2.69. The van der Waals surface area contributed by atoms with Crippen molar-refractivity contribution in [1.29, 1.82) is 0 Å². The maximum atomic E-state index is 13.1. The average molecular weight is 435 g/mol. The van der Waals surface area contributed by atoms with Gasteiger partial charge in [0.15, 0.2) is 0 Å². The molecule has 0 radical (unpaired) electrons. The van der Waals surface area contributed by atoms with Gasteiger partial charge in [0.25, 0.3) is 0 Å². The molecule has 1 aromatic rings. The van der Waals surface area contributed by atoms with Gasteiger partial charge in [-0.1, -0.05) is 24.4 Å². The van der Waals surface area contributed by atoms with Gasteiger partial charge in [-0.2, -0.15) is 0 Å². The Morgan fingerprint density at radius 2 is 1.90 bits per heavy atom. The van der Waals surface area contributed by atoms with Gasteiger partial charge >= 0.3 is 6.03 Å². The first kappa shape index (κ1) is 21.4. The number of carbonyl (C=O) groups excluding carboxylic acids is 2. The molecule has 30 heavy (non-hydrogen) atoms. The van der Waals surface area contributed by atoms with Crippen LogP contribution < -0.4 is 11.1 Å². The molecule has 2 aliphatic carbocycles. The number of benzene rings is 1. The van der Waals surface area contributed by atoms with Gasteiger partial charge in [0.05, 0.1) is 13.2 Å². The zero-order chi connectivity index (χ0) is 21.1. The van der Waals surface area contributed by atoms with Crippen molar-refractivity contribution in [3.63, 3.8) is 0 Å². The second-order valence-corrected chi connectivity index (χ2v) is 9.00. The molecule has 3 amide bonds. The average Bonchev–Trinajstić information content (AvgIpc) is 3.60. The molecule has 1 aliphatic heterocycles. The Labute approximate surface area is 182 Å². The molecule has 7 nitrogen and oxygen atoms in total. The molecule has 2 atom stereocenters. The number of rotatable bonds is 5. The third-order valence-corrected chi connectivity index (χ3v) is 6.70. The van der Waals surface area contributed by atoms with E-state index >= 15 is 0 Å². The standard InChI is InChI=1S/C22H31ClN4O3/c23-18-8-7-17(25-22(29)26-9-11-30-12-10-26)13-16(18)14-27(21(28)15-5-6-15)20-4-2-1-3-19(20)24/h7-8,13,15,19-20H,1-6,9-12,14,24H2,(H,25,29). The normalized spacial score (nSPS) is 24.4. The fourth-order valence-corrected chi connectivity index (χ4v) is 4.55. The van der Waals surface area contributed by atoms with Crippen LogP contribution in [0.3, 0.4) is 0 Å².